The number of hydrogen-bond donors (Lipinski definition) is 0. The van der Waals surface area contributed by atoms with Gasteiger partial charge in [-0.25, -0.2) is 9.59 Å². The normalized spacial score (nSPS) is 32.9. The second-order valence-electron chi connectivity index (χ2n) is 14.1. The summed E-state index contributed by atoms with van der Waals surface area (Å²) in [7, 11) is 0. The molecule has 9 heteroatoms. The SMILES string of the molecule is C=C1[C@H](OC(=O)c2ccccc2)C[C@H]2[C@@H](C[C@H](C)C(=O)[C@]3(OC(C)=O)C[C@@H](C)[C@@H](OC(=O)c4ccccc4)[C@H]3[C@H]1OC(C)=O)C2(C)C. The molecule has 9 nitrogen and oxygen atoms in total. The largest absolute Gasteiger partial charge is 0.458 e. The third-order valence-electron chi connectivity index (χ3n) is 10.5. The van der Waals surface area contributed by atoms with Crippen LogP contribution in [0.1, 0.15) is 81.5 Å². The molecule has 0 aromatic heterocycles. The summed E-state index contributed by atoms with van der Waals surface area (Å²) in [5, 5.41) is 0. The molecule has 0 aliphatic heterocycles. The van der Waals surface area contributed by atoms with Crippen LogP contribution in [0.4, 0.5) is 0 Å². The molecule has 0 bridgehead atoms. The molecule has 0 spiro atoms. The van der Waals surface area contributed by atoms with E-state index in [4.69, 9.17) is 18.9 Å². The van der Waals surface area contributed by atoms with Crippen molar-refractivity contribution in [3.8, 4) is 0 Å². The standard InChI is InChI=1S/C38H44O9/c1-21-18-28-29(37(28,6)7)19-30(45-35(42)26-14-10-8-11-15-26)23(3)33(44-24(4)39)31-32(46-36(43)27-16-12-9-13-17-27)22(2)20-38(31,34(21)41)47-25(5)40/h8-17,21-22,28-33H,3,18-20H2,1-2,4-7H3/t21-,22+,28+,29-,30+,31-,32+,33-,38-/m0/s1. The first-order valence-corrected chi connectivity index (χ1v) is 16.3. The quantitative estimate of drug-likeness (QED) is 0.207. The van der Waals surface area contributed by atoms with Crippen LogP contribution < -0.4 is 0 Å². The van der Waals surface area contributed by atoms with Crippen LogP contribution >= 0.6 is 0 Å². The molecule has 0 heterocycles. The van der Waals surface area contributed by atoms with Crippen LogP contribution in [0.3, 0.4) is 0 Å². The van der Waals surface area contributed by atoms with Crippen LogP contribution in [-0.2, 0) is 33.3 Å². The highest BCUT2D eigenvalue weighted by molar-refractivity contribution is 5.93. The smallest absolute Gasteiger partial charge is 0.338 e. The van der Waals surface area contributed by atoms with Crippen molar-refractivity contribution in [2.24, 2.45) is 35.0 Å². The van der Waals surface area contributed by atoms with Crippen LogP contribution in [0.25, 0.3) is 0 Å². The van der Waals surface area contributed by atoms with Gasteiger partial charge in [0.05, 0.1) is 17.0 Å². The number of carbonyl (C=O) groups excluding carboxylic acids is 5. The number of Topliss-reactive ketones (excluding diaryl/α,β-unsaturated/α-hetero) is 1. The molecule has 0 saturated heterocycles. The number of esters is 4. The van der Waals surface area contributed by atoms with Crippen molar-refractivity contribution < 1.29 is 42.9 Å². The van der Waals surface area contributed by atoms with Crippen molar-refractivity contribution >= 4 is 29.7 Å². The lowest BCUT2D eigenvalue weighted by Crippen LogP contribution is -2.56. The van der Waals surface area contributed by atoms with Gasteiger partial charge in [0.25, 0.3) is 0 Å². The Labute approximate surface area is 276 Å². The van der Waals surface area contributed by atoms with Gasteiger partial charge in [-0.3, -0.25) is 14.4 Å². The average Bonchev–Trinajstić information content (AvgIpc) is 3.41. The third-order valence-corrected chi connectivity index (χ3v) is 10.5. The lowest BCUT2D eigenvalue weighted by molar-refractivity contribution is -0.183. The fourth-order valence-electron chi connectivity index (χ4n) is 8.12. The van der Waals surface area contributed by atoms with E-state index in [2.05, 4.69) is 20.4 Å². The number of rotatable bonds is 6. The van der Waals surface area contributed by atoms with Gasteiger partial charge in [-0.2, -0.15) is 0 Å². The Morgan fingerprint density at radius 3 is 1.83 bits per heavy atom. The summed E-state index contributed by atoms with van der Waals surface area (Å²) in [5.74, 6) is -4.96. The highest BCUT2D eigenvalue weighted by Gasteiger charge is 2.67. The first-order chi connectivity index (χ1) is 22.2. The molecular weight excluding hydrogens is 600 g/mol. The lowest BCUT2D eigenvalue weighted by atomic mass is 9.74. The summed E-state index contributed by atoms with van der Waals surface area (Å²) >= 11 is 0. The number of fused-ring (bicyclic) bond motifs is 2. The van der Waals surface area contributed by atoms with E-state index in [0.717, 1.165) is 0 Å². The summed E-state index contributed by atoms with van der Waals surface area (Å²) in [6, 6.07) is 17.0. The summed E-state index contributed by atoms with van der Waals surface area (Å²) in [6.45, 7) is 14.7. The van der Waals surface area contributed by atoms with Gasteiger partial charge >= 0.3 is 23.9 Å². The minimum absolute atomic E-state index is 0.0319. The van der Waals surface area contributed by atoms with E-state index in [-0.39, 0.29) is 35.0 Å². The van der Waals surface area contributed by atoms with E-state index in [1.165, 1.54) is 13.8 Å². The van der Waals surface area contributed by atoms with Gasteiger partial charge in [-0.15, -0.1) is 0 Å². The molecule has 2 aromatic rings. The van der Waals surface area contributed by atoms with Crippen LogP contribution in [0, 0.1) is 35.0 Å². The zero-order valence-electron chi connectivity index (χ0n) is 27.9. The van der Waals surface area contributed by atoms with Gasteiger partial charge in [0.1, 0.15) is 18.3 Å². The van der Waals surface area contributed by atoms with Crippen molar-refractivity contribution in [3.63, 3.8) is 0 Å². The molecule has 47 heavy (non-hydrogen) atoms. The van der Waals surface area contributed by atoms with E-state index in [0.29, 0.717) is 24.0 Å². The molecule has 9 atom stereocenters. The molecule has 0 radical (unpaired) electrons. The first kappa shape index (κ1) is 34.1. The van der Waals surface area contributed by atoms with Crippen molar-refractivity contribution in [1.29, 1.82) is 0 Å². The van der Waals surface area contributed by atoms with Crippen molar-refractivity contribution in [1.82, 2.24) is 0 Å². The first-order valence-electron chi connectivity index (χ1n) is 16.3. The van der Waals surface area contributed by atoms with Gasteiger partial charge in [-0.1, -0.05) is 70.7 Å². The monoisotopic (exact) mass is 644 g/mol. The molecule has 0 unspecified atom stereocenters. The molecule has 3 fully saturated rings. The maximum absolute atomic E-state index is 14.7. The van der Waals surface area contributed by atoms with Gasteiger partial charge in [0.2, 0.25) is 0 Å². The number of carbonyl (C=O) groups is 5. The summed E-state index contributed by atoms with van der Waals surface area (Å²) in [5.41, 5.74) is -1.13. The number of benzene rings is 2. The Kier molecular flexibility index (Phi) is 9.49. The maximum atomic E-state index is 14.7. The van der Waals surface area contributed by atoms with Crippen molar-refractivity contribution in [2.75, 3.05) is 0 Å². The molecular formula is C38H44O9. The third kappa shape index (κ3) is 6.62. The highest BCUT2D eigenvalue weighted by atomic mass is 16.6. The predicted molar refractivity (Wildman–Crippen MR) is 172 cm³/mol. The highest BCUT2D eigenvalue weighted by Crippen LogP contribution is 2.64. The van der Waals surface area contributed by atoms with Crippen LogP contribution in [0.2, 0.25) is 0 Å². The van der Waals surface area contributed by atoms with E-state index in [1.807, 2.05) is 13.8 Å². The Morgan fingerprint density at radius 2 is 1.30 bits per heavy atom. The number of ketones is 1. The molecule has 3 aliphatic rings. The minimum Gasteiger partial charge on any atom is -0.458 e. The molecule has 0 amide bonds. The summed E-state index contributed by atoms with van der Waals surface area (Å²) in [4.78, 5) is 67.4. The molecule has 2 aromatic carbocycles. The summed E-state index contributed by atoms with van der Waals surface area (Å²) < 4.78 is 24.4. The Hall–Kier alpha value is -4.27. The Morgan fingerprint density at radius 1 is 0.766 bits per heavy atom. The average molecular weight is 645 g/mol. The molecule has 5 rings (SSSR count). The van der Waals surface area contributed by atoms with Crippen molar-refractivity contribution in [2.45, 2.75) is 84.7 Å². The van der Waals surface area contributed by atoms with Gasteiger partial charge < -0.3 is 18.9 Å². The van der Waals surface area contributed by atoms with Gasteiger partial charge in [0, 0.05) is 31.8 Å². The molecule has 3 saturated carbocycles. The Bertz CT molecular complexity index is 1550. The predicted octanol–water partition coefficient (Wildman–Crippen LogP) is 6.15. The maximum Gasteiger partial charge on any atom is 0.338 e. The minimum atomic E-state index is -1.82. The molecule has 0 N–H and O–H groups in total. The van der Waals surface area contributed by atoms with E-state index in [9.17, 15) is 24.0 Å². The summed E-state index contributed by atoms with van der Waals surface area (Å²) in [6.07, 6.45) is -2.35. The van der Waals surface area contributed by atoms with E-state index >= 15 is 0 Å². The van der Waals surface area contributed by atoms with Gasteiger partial charge in [-0.05, 0) is 60.3 Å². The fourth-order valence-corrected chi connectivity index (χ4v) is 8.12. The molecule has 3 aliphatic carbocycles. The zero-order chi connectivity index (χ0) is 34.3. The van der Waals surface area contributed by atoms with E-state index < -0.39 is 65.5 Å². The topological polar surface area (TPSA) is 122 Å². The second kappa shape index (κ2) is 13.1. The van der Waals surface area contributed by atoms with Crippen LogP contribution in [0.15, 0.2) is 72.8 Å². The fraction of sp³-hybridized carbons (Fsp3) is 0.500. The van der Waals surface area contributed by atoms with E-state index in [1.54, 1.807) is 60.7 Å². The second-order valence-corrected chi connectivity index (χ2v) is 14.1. The zero-order valence-corrected chi connectivity index (χ0v) is 27.9. The number of hydrogen-bond acceptors (Lipinski definition) is 9. The Balaban J connectivity index is 1.66. The van der Waals surface area contributed by atoms with Crippen molar-refractivity contribution in [3.05, 3.63) is 83.9 Å². The van der Waals surface area contributed by atoms with Crippen LogP contribution in [-0.4, -0.2) is 53.6 Å². The molecule has 250 valence electrons. The van der Waals surface area contributed by atoms with Gasteiger partial charge in [0.15, 0.2) is 11.4 Å². The van der Waals surface area contributed by atoms with Crippen LogP contribution in [0.5, 0.6) is 0 Å². The lowest BCUT2D eigenvalue weighted by Gasteiger charge is -2.41. The number of ether oxygens (including phenoxy) is 4.